The van der Waals surface area contributed by atoms with Gasteiger partial charge in [-0.15, -0.1) is 0 Å². The summed E-state index contributed by atoms with van der Waals surface area (Å²) in [7, 11) is -4.10. The standard InChI is InChI=1S/C32H60N3O11P/c1-2-3-4-5-6-7-8-9-10-11-12-13-14-15-20-42-21-16-22-44-47(41,25-43-23-19-35-18-17-27(33)34-32(35)40)46-31-30(39)29(38)28(37)26(24-36)45-31/h17-18,26,28-31,36-39H,2-16,19-25H2,1H3,(H2,33,34,40)/t26-,28+,29+,30-,31?,47?/m1/s1. The third-order valence-electron chi connectivity index (χ3n) is 8.10. The lowest BCUT2D eigenvalue weighted by Crippen LogP contribution is -2.59. The number of unbranched alkanes of at least 4 members (excludes halogenated alkanes) is 13. The Hall–Kier alpha value is -1.45. The Balaban J connectivity index is 1.65. The van der Waals surface area contributed by atoms with Gasteiger partial charge in [-0.25, -0.2) is 4.79 Å². The van der Waals surface area contributed by atoms with Crippen LogP contribution in [0.3, 0.4) is 0 Å². The minimum absolute atomic E-state index is 0.0157. The largest absolute Gasteiger partial charge is 0.394 e. The summed E-state index contributed by atoms with van der Waals surface area (Å²) in [6.07, 6.45) is 11.3. The molecule has 1 aliphatic heterocycles. The molecular formula is C32H60N3O11P. The maximum absolute atomic E-state index is 13.6. The van der Waals surface area contributed by atoms with Gasteiger partial charge in [0.15, 0.2) is 6.29 Å². The number of hydrogen-bond acceptors (Lipinski definition) is 13. The molecule has 0 saturated carbocycles. The van der Waals surface area contributed by atoms with Gasteiger partial charge in [0.05, 0.1) is 26.4 Å². The number of aromatic nitrogens is 2. The summed E-state index contributed by atoms with van der Waals surface area (Å²) in [4.78, 5) is 15.6. The molecule has 0 bridgehead atoms. The molecule has 0 aliphatic carbocycles. The van der Waals surface area contributed by atoms with Crippen LogP contribution in [-0.2, 0) is 34.4 Å². The molecule has 0 amide bonds. The summed E-state index contributed by atoms with van der Waals surface area (Å²) >= 11 is 0. The maximum Gasteiger partial charge on any atom is 0.358 e. The van der Waals surface area contributed by atoms with Crippen LogP contribution in [0.2, 0.25) is 0 Å². The van der Waals surface area contributed by atoms with Crippen molar-refractivity contribution in [3.8, 4) is 0 Å². The topological polar surface area (TPSA) is 205 Å². The molecule has 274 valence electrons. The Kier molecular flexibility index (Phi) is 21.9. The van der Waals surface area contributed by atoms with Crippen LogP contribution < -0.4 is 11.4 Å². The van der Waals surface area contributed by atoms with E-state index in [1.807, 2.05) is 0 Å². The first-order valence-electron chi connectivity index (χ1n) is 17.4. The molecule has 2 heterocycles. The van der Waals surface area contributed by atoms with E-state index in [0.717, 1.165) is 12.8 Å². The van der Waals surface area contributed by atoms with Gasteiger partial charge in [-0.3, -0.25) is 13.7 Å². The van der Waals surface area contributed by atoms with E-state index in [2.05, 4.69) is 11.9 Å². The molecule has 1 aromatic rings. The highest BCUT2D eigenvalue weighted by atomic mass is 31.2. The lowest BCUT2D eigenvalue weighted by molar-refractivity contribution is -0.279. The van der Waals surface area contributed by atoms with Gasteiger partial charge in [-0.2, -0.15) is 4.98 Å². The van der Waals surface area contributed by atoms with Crippen LogP contribution in [0.15, 0.2) is 17.1 Å². The van der Waals surface area contributed by atoms with Crippen molar-refractivity contribution in [3.63, 3.8) is 0 Å². The number of nitrogens with zero attached hydrogens (tertiary/aromatic N) is 2. The number of nitrogen functional groups attached to an aromatic ring is 1. The van der Waals surface area contributed by atoms with Crippen LogP contribution in [0.25, 0.3) is 0 Å². The monoisotopic (exact) mass is 693 g/mol. The summed E-state index contributed by atoms with van der Waals surface area (Å²) in [5.41, 5.74) is 4.93. The van der Waals surface area contributed by atoms with Crippen molar-refractivity contribution in [1.29, 1.82) is 0 Å². The van der Waals surface area contributed by atoms with E-state index in [1.54, 1.807) is 0 Å². The van der Waals surface area contributed by atoms with Crippen molar-refractivity contribution in [2.45, 2.75) is 140 Å². The highest BCUT2D eigenvalue weighted by Gasteiger charge is 2.47. The van der Waals surface area contributed by atoms with Gasteiger partial charge in [0.25, 0.3) is 0 Å². The Morgan fingerprint density at radius 2 is 1.43 bits per heavy atom. The van der Waals surface area contributed by atoms with Crippen LogP contribution in [0.4, 0.5) is 5.82 Å². The number of anilines is 1. The molecule has 1 aromatic heterocycles. The SMILES string of the molecule is CCCCCCCCCCCCCCCCOCCCOP(=O)(COCCn1ccc(N)nc1=O)OC1O[C@H](CO)[C@H](O)[C@H](O)[C@H]1O. The fourth-order valence-electron chi connectivity index (χ4n) is 5.23. The molecule has 1 aliphatic rings. The average molecular weight is 694 g/mol. The Bertz CT molecular complexity index is 1050. The normalized spacial score (nSPS) is 22.8. The lowest BCUT2D eigenvalue weighted by atomic mass is 10.00. The highest BCUT2D eigenvalue weighted by molar-refractivity contribution is 7.53. The molecule has 0 radical (unpaired) electrons. The van der Waals surface area contributed by atoms with E-state index in [0.29, 0.717) is 19.6 Å². The molecule has 6 atom stereocenters. The quantitative estimate of drug-likeness (QED) is 0.0628. The molecule has 2 rings (SSSR count). The number of ether oxygens (including phenoxy) is 3. The second-order valence-electron chi connectivity index (χ2n) is 12.2. The summed E-state index contributed by atoms with van der Waals surface area (Å²) in [5, 5.41) is 40.0. The van der Waals surface area contributed by atoms with Crippen molar-refractivity contribution in [2.24, 2.45) is 0 Å². The maximum atomic E-state index is 13.6. The zero-order valence-corrected chi connectivity index (χ0v) is 29.1. The summed E-state index contributed by atoms with van der Waals surface area (Å²) in [6, 6.07) is 1.46. The summed E-state index contributed by atoms with van der Waals surface area (Å²) in [6.45, 7) is 2.59. The van der Waals surface area contributed by atoms with Gasteiger partial charge in [0.2, 0.25) is 0 Å². The molecule has 15 heteroatoms. The van der Waals surface area contributed by atoms with Crippen LogP contribution in [0.1, 0.15) is 103 Å². The average Bonchev–Trinajstić information content (AvgIpc) is 3.05. The minimum atomic E-state index is -4.10. The van der Waals surface area contributed by atoms with Crippen molar-refractivity contribution in [3.05, 3.63) is 22.7 Å². The summed E-state index contributed by atoms with van der Waals surface area (Å²) in [5.74, 6) is 0.0848. The zero-order chi connectivity index (χ0) is 34.3. The van der Waals surface area contributed by atoms with E-state index in [-0.39, 0.29) is 25.6 Å². The van der Waals surface area contributed by atoms with Crippen molar-refractivity contribution >= 4 is 13.4 Å². The molecule has 0 aromatic carbocycles. The van der Waals surface area contributed by atoms with Crippen LogP contribution >= 0.6 is 7.60 Å². The second-order valence-corrected chi connectivity index (χ2v) is 14.1. The van der Waals surface area contributed by atoms with E-state index < -0.39 is 56.9 Å². The van der Waals surface area contributed by atoms with Gasteiger partial charge < -0.3 is 44.9 Å². The third-order valence-corrected chi connectivity index (χ3v) is 9.70. The molecule has 14 nitrogen and oxygen atoms in total. The number of aliphatic hydroxyl groups excluding tert-OH is 4. The lowest BCUT2D eigenvalue weighted by Gasteiger charge is -2.40. The van der Waals surface area contributed by atoms with E-state index in [9.17, 15) is 29.8 Å². The molecule has 6 N–H and O–H groups in total. The molecule has 2 unspecified atom stereocenters. The highest BCUT2D eigenvalue weighted by Crippen LogP contribution is 2.50. The fraction of sp³-hybridized carbons (Fsp3) is 0.875. The van der Waals surface area contributed by atoms with Crippen molar-refractivity contribution in [2.75, 3.05) is 45.1 Å². The van der Waals surface area contributed by atoms with Crippen molar-refractivity contribution < 1.29 is 48.2 Å². The first-order valence-corrected chi connectivity index (χ1v) is 19.1. The molecule has 0 spiro atoms. The van der Waals surface area contributed by atoms with Gasteiger partial charge in [-0.05, 0) is 18.9 Å². The Labute approximate surface area is 279 Å². The van der Waals surface area contributed by atoms with E-state index >= 15 is 0 Å². The third kappa shape index (κ3) is 17.2. The first-order chi connectivity index (χ1) is 22.7. The van der Waals surface area contributed by atoms with Gasteiger partial charge in [0.1, 0.15) is 36.6 Å². The Morgan fingerprint density at radius 3 is 2.02 bits per heavy atom. The molecule has 47 heavy (non-hydrogen) atoms. The van der Waals surface area contributed by atoms with Crippen LogP contribution in [0.5, 0.6) is 0 Å². The number of rotatable bonds is 28. The smallest absolute Gasteiger partial charge is 0.358 e. The molecular weight excluding hydrogens is 633 g/mol. The number of nitrogens with two attached hydrogens (primary N) is 1. The van der Waals surface area contributed by atoms with Crippen LogP contribution in [0, 0.1) is 0 Å². The van der Waals surface area contributed by atoms with E-state index in [1.165, 1.54) is 93.9 Å². The zero-order valence-electron chi connectivity index (χ0n) is 28.2. The van der Waals surface area contributed by atoms with Gasteiger partial charge in [-0.1, -0.05) is 90.4 Å². The van der Waals surface area contributed by atoms with Crippen molar-refractivity contribution in [1.82, 2.24) is 9.55 Å². The summed E-state index contributed by atoms with van der Waals surface area (Å²) < 4.78 is 42.5. The number of aliphatic hydroxyl groups is 4. The van der Waals surface area contributed by atoms with Crippen LogP contribution in [-0.4, -0.2) is 100 Å². The van der Waals surface area contributed by atoms with Gasteiger partial charge in [0, 0.05) is 19.4 Å². The van der Waals surface area contributed by atoms with E-state index in [4.69, 9.17) is 29.0 Å². The molecule has 1 fully saturated rings. The molecule has 1 saturated heterocycles. The fourth-order valence-corrected chi connectivity index (χ4v) is 6.67. The number of hydrogen-bond donors (Lipinski definition) is 5. The Morgan fingerprint density at radius 1 is 0.830 bits per heavy atom. The second kappa shape index (κ2) is 24.6. The first kappa shape index (κ1) is 41.7. The predicted molar refractivity (Wildman–Crippen MR) is 178 cm³/mol. The van der Waals surface area contributed by atoms with Gasteiger partial charge >= 0.3 is 13.3 Å². The predicted octanol–water partition coefficient (Wildman–Crippen LogP) is 3.71. The minimum Gasteiger partial charge on any atom is -0.394 e.